The number of nitrogens with two attached hydrogens (primary N) is 1. The van der Waals surface area contributed by atoms with Crippen molar-refractivity contribution < 1.29 is 10.2 Å². The molecule has 1 atom stereocenters. The first kappa shape index (κ1) is 18.9. The van der Waals surface area contributed by atoms with Crippen molar-refractivity contribution in [1.29, 1.82) is 0 Å². The molecule has 4 rings (SSSR count). The van der Waals surface area contributed by atoms with Crippen LogP contribution in [0.25, 0.3) is 17.0 Å². The van der Waals surface area contributed by atoms with Crippen LogP contribution in [0.15, 0.2) is 29.9 Å². The maximum Gasteiger partial charge on any atom is 0.240 e. The normalized spacial score (nSPS) is 13.1. The lowest BCUT2D eigenvalue weighted by molar-refractivity contribution is 0.121. The minimum Gasteiger partial charge on any atom is -0.390 e. The summed E-state index contributed by atoms with van der Waals surface area (Å²) in [5, 5.41) is 22.0. The number of anilines is 1. The van der Waals surface area contributed by atoms with Gasteiger partial charge >= 0.3 is 0 Å². The Bertz CT molecular complexity index is 1270. The molecule has 0 radical (unpaired) electrons. The molecule has 0 bridgehead atoms. The summed E-state index contributed by atoms with van der Waals surface area (Å²) >= 11 is 1.25. The number of nitrogens with zero attached hydrogens (tertiary/aromatic N) is 6. The van der Waals surface area contributed by atoms with Gasteiger partial charge in [0.2, 0.25) is 11.9 Å². The molecule has 0 saturated heterocycles. The SMILES string of the molecule is Cc1nc2ccc(C#CC(C)(O)c3nc(CO)cs3)cc2n1-c1ncnc(N)n1. The highest BCUT2D eigenvalue weighted by Gasteiger charge is 2.24. The fourth-order valence-electron chi connectivity index (χ4n) is 2.78. The Balaban J connectivity index is 1.75. The van der Waals surface area contributed by atoms with Gasteiger partial charge in [0.05, 0.1) is 23.3 Å². The quantitative estimate of drug-likeness (QED) is 0.433. The van der Waals surface area contributed by atoms with Gasteiger partial charge in [0.25, 0.3) is 0 Å². The van der Waals surface area contributed by atoms with Crippen LogP contribution in [-0.4, -0.2) is 39.7 Å². The summed E-state index contributed by atoms with van der Waals surface area (Å²) in [7, 11) is 0. The number of aromatic nitrogens is 6. The van der Waals surface area contributed by atoms with Gasteiger partial charge in [0.15, 0.2) is 5.60 Å². The Labute approximate surface area is 170 Å². The van der Waals surface area contributed by atoms with E-state index in [1.54, 1.807) is 16.9 Å². The zero-order valence-corrected chi connectivity index (χ0v) is 16.5. The zero-order valence-electron chi connectivity index (χ0n) is 15.7. The number of imidazole rings is 1. The van der Waals surface area contributed by atoms with Crippen LogP contribution in [0.2, 0.25) is 0 Å². The van der Waals surface area contributed by atoms with Crippen LogP contribution in [0.5, 0.6) is 0 Å². The first-order valence-electron chi connectivity index (χ1n) is 8.62. The molecule has 29 heavy (non-hydrogen) atoms. The van der Waals surface area contributed by atoms with Gasteiger partial charge in [-0.1, -0.05) is 11.8 Å². The van der Waals surface area contributed by atoms with Crippen LogP contribution in [0.1, 0.15) is 29.0 Å². The summed E-state index contributed by atoms with van der Waals surface area (Å²) in [5.41, 5.74) is 6.95. The second kappa shape index (κ2) is 7.21. The average molecular weight is 407 g/mol. The Kier molecular flexibility index (Phi) is 4.71. The summed E-state index contributed by atoms with van der Waals surface area (Å²) in [4.78, 5) is 20.9. The summed E-state index contributed by atoms with van der Waals surface area (Å²) in [6, 6.07) is 5.51. The Morgan fingerprint density at radius 3 is 2.79 bits per heavy atom. The smallest absolute Gasteiger partial charge is 0.240 e. The van der Waals surface area contributed by atoms with E-state index in [4.69, 9.17) is 10.8 Å². The van der Waals surface area contributed by atoms with Crippen LogP contribution in [0.3, 0.4) is 0 Å². The molecule has 146 valence electrons. The molecule has 1 unspecified atom stereocenters. The fourth-order valence-corrected chi connectivity index (χ4v) is 3.61. The average Bonchev–Trinajstić information content (AvgIpc) is 3.30. The van der Waals surface area contributed by atoms with Crippen molar-refractivity contribution >= 4 is 28.3 Å². The Morgan fingerprint density at radius 2 is 2.07 bits per heavy atom. The van der Waals surface area contributed by atoms with Crippen molar-refractivity contribution in [2.24, 2.45) is 0 Å². The van der Waals surface area contributed by atoms with Crippen LogP contribution in [0, 0.1) is 18.8 Å². The predicted octanol–water partition coefficient (Wildman–Crippen LogP) is 1.31. The van der Waals surface area contributed by atoms with Crippen molar-refractivity contribution in [3.8, 4) is 17.8 Å². The molecular formula is C19H17N7O2S. The van der Waals surface area contributed by atoms with Gasteiger partial charge in [-0.25, -0.2) is 19.9 Å². The number of nitrogen functional groups attached to an aromatic ring is 1. The van der Waals surface area contributed by atoms with E-state index >= 15 is 0 Å². The second-order valence-electron chi connectivity index (χ2n) is 6.47. The van der Waals surface area contributed by atoms with E-state index in [9.17, 15) is 5.11 Å². The molecule has 10 heteroatoms. The lowest BCUT2D eigenvalue weighted by atomic mass is 10.1. The zero-order chi connectivity index (χ0) is 20.6. The molecule has 0 fully saturated rings. The number of benzene rings is 1. The second-order valence-corrected chi connectivity index (χ2v) is 7.32. The molecule has 0 aliphatic rings. The van der Waals surface area contributed by atoms with Gasteiger partial charge in [-0.05, 0) is 32.0 Å². The predicted molar refractivity (Wildman–Crippen MR) is 108 cm³/mol. The van der Waals surface area contributed by atoms with E-state index in [1.807, 2.05) is 25.1 Å². The number of rotatable bonds is 3. The van der Waals surface area contributed by atoms with Gasteiger partial charge in [-0.2, -0.15) is 4.98 Å². The van der Waals surface area contributed by atoms with Gasteiger partial charge < -0.3 is 15.9 Å². The van der Waals surface area contributed by atoms with Crippen molar-refractivity contribution in [3.63, 3.8) is 0 Å². The molecule has 9 nitrogen and oxygen atoms in total. The van der Waals surface area contributed by atoms with E-state index in [0.29, 0.717) is 28.0 Å². The standard InChI is InChI=1S/C19H17N7O2S/c1-11-23-14-4-3-12(5-6-19(2,28)16-24-13(8-27)9-29-16)7-15(14)26(11)18-22-10-21-17(20)25-18/h3-4,7,9-10,27-28H,8H2,1-2H3,(H2,20,21,22,25). The van der Waals surface area contributed by atoms with Crippen molar-refractivity contribution in [1.82, 2.24) is 29.5 Å². The van der Waals surface area contributed by atoms with Crippen LogP contribution < -0.4 is 5.73 Å². The third kappa shape index (κ3) is 3.66. The molecule has 0 aliphatic heterocycles. The Hall–Kier alpha value is -3.39. The monoisotopic (exact) mass is 407 g/mol. The van der Waals surface area contributed by atoms with E-state index in [1.165, 1.54) is 17.7 Å². The molecule has 0 saturated carbocycles. The van der Waals surface area contributed by atoms with E-state index in [2.05, 4.69) is 36.8 Å². The minimum absolute atomic E-state index is 0.119. The third-order valence-corrected chi connectivity index (χ3v) is 5.28. The van der Waals surface area contributed by atoms with Crippen LogP contribution in [0.4, 0.5) is 5.95 Å². The van der Waals surface area contributed by atoms with Crippen LogP contribution in [-0.2, 0) is 12.2 Å². The van der Waals surface area contributed by atoms with Gasteiger partial charge in [-0.3, -0.25) is 4.57 Å². The number of aliphatic hydroxyl groups is 2. The maximum absolute atomic E-state index is 10.7. The molecule has 3 heterocycles. The molecule has 3 aromatic heterocycles. The first-order chi connectivity index (χ1) is 13.9. The molecule has 4 N–H and O–H groups in total. The minimum atomic E-state index is -1.44. The topological polar surface area (TPSA) is 136 Å². The van der Waals surface area contributed by atoms with E-state index in [-0.39, 0.29) is 12.6 Å². The Morgan fingerprint density at radius 1 is 1.24 bits per heavy atom. The number of hydrogen-bond acceptors (Lipinski definition) is 9. The largest absolute Gasteiger partial charge is 0.390 e. The van der Waals surface area contributed by atoms with Crippen molar-refractivity contribution in [3.05, 3.63) is 52.0 Å². The molecule has 1 aromatic carbocycles. The molecule has 4 aromatic rings. The third-order valence-electron chi connectivity index (χ3n) is 4.18. The number of hydrogen-bond donors (Lipinski definition) is 3. The maximum atomic E-state index is 10.7. The summed E-state index contributed by atoms with van der Waals surface area (Å²) in [5.74, 6) is 7.02. The number of fused-ring (bicyclic) bond motifs is 1. The lowest BCUT2D eigenvalue weighted by Gasteiger charge is -2.12. The number of aryl methyl sites for hydroxylation is 1. The van der Waals surface area contributed by atoms with Crippen molar-refractivity contribution in [2.45, 2.75) is 26.1 Å². The molecular weight excluding hydrogens is 390 g/mol. The highest BCUT2D eigenvalue weighted by Crippen LogP contribution is 2.25. The van der Waals surface area contributed by atoms with Gasteiger partial charge in [-0.15, -0.1) is 11.3 Å². The molecule has 0 amide bonds. The molecule has 0 spiro atoms. The highest BCUT2D eigenvalue weighted by atomic mass is 32.1. The lowest BCUT2D eigenvalue weighted by Crippen LogP contribution is -2.18. The van der Waals surface area contributed by atoms with Crippen LogP contribution >= 0.6 is 11.3 Å². The van der Waals surface area contributed by atoms with Gasteiger partial charge in [0, 0.05) is 10.9 Å². The summed E-state index contributed by atoms with van der Waals surface area (Å²) in [6.45, 7) is 3.24. The summed E-state index contributed by atoms with van der Waals surface area (Å²) in [6.07, 6.45) is 1.35. The molecule has 0 aliphatic carbocycles. The fraction of sp³-hybridized carbons (Fsp3) is 0.211. The highest BCUT2D eigenvalue weighted by molar-refractivity contribution is 7.09. The van der Waals surface area contributed by atoms with Gasteiger partial charge in [0.1, 0.15) is 17.2 Å². The van der Waals surface area contributed by atoms with Crippen molar-refractivity contribution in [2.75, 3.05) is 5.73 Å². The van der Waals surface area contributed by atoms with E-state index < -0.39 is 5.60 Å². The first-order valence-corrected chi connectivity index (χ1v) is 9.50. The number of aliphatic hydroxyl groups excluding tert-OH is 1. The summed E-state index contributed by atoms with van der Waals surface area (Å²) < 4.78 is 1.77. The number of thiazole rings is 1. The van der Waals surface area contributed by atoms with E-state index in [0.717, 1.165) is 11.0 Å².